The number of hydrogen-bond acceptors (Lipinski definition) is 7. The number of fused-ring (bicyclic) bond motifs is 3. The molecule has 2 aliphatic carbocycles. The van der Waals surface area contributed by atoms with Crippen LogP contribution in [0.4, 0.5) is 0 Å². The molecular weight excluding hydrogens is 643 g/mol. The van der Waals surface area contributed by atoms with Gasteiger partial charge in [0.15, 0.2) is 5.88 Å². The molecule has 0 radical (unpaired) electrons. The van der Waals surface area contributed by atoms with E-state index in [9.17, 15) is 0 Å². The minimum Gasteiger partial charge on any atom is -0.483 e. The second-order valence-corrected chi connectivity index (χ2v) is 14.5. The predicted molar refractivity (Wildman–Crippen MR) is 218 cm³/mol. The monoisotopic (exact) mass is 706 g/mol. The second-order valence-electron chi connectivity index (χ2n) is 14.5. The third-order valence-corrected chi connectivity index (χ3v) is 10.8. The zero-order valence-electron chi connectivity index (χ0n) is 32.5. The summed E-state index contributed by atoms with van der Waals surface area (Å²) in [5.74, 6) is 3.45. The highest BCUT2D eigenvalue weighted by Gasteiger charge is 2.47. The van der Waals surface area contributed by atoms with Gasteiger partial charge in [-0.1, -0.05) is 77.2 Å². The van der Waals surface area contributed by atoms with Gasteiger partial charge >= 0.3 is 0 Å². The van der Waals surface area contributed by atoms with Crippen molar-refractivity contribution in [1.29, 1.82) is 0 Å². The first-order valence-electron chi connectivity index (χ1n) is 19.7. The molecular formula is C44H63N7O. The Morgan fingerprint density at radius 1 is 1.15 bits per heavy atom. The number of methoxy groups -OCH3 is 1. The fraction of sp³-hybridized carbons (Fsp3) is 0.523. The molecule has 0 aromatic carbocycles. The van der Waals surface area contributed by atoms with Gasteiger partial charge in [0.2, 0.25) is 0 Å². The number of allylic oxidation sites excluding steroid dienone is 9. The summed E-state index contributed by atoms with van der Waals surface area (Å²) in [7, 11) is 1.66. The zero-order chi connectivity index (χ0) is 36.9. The molecule has 2 bridgehead atoms. The van der Waals surface area contributed by atoms with Crippen molar-refractivity contribution in [3.8, 4) is 0 Å². The van der Waals surface area contributed by atoms with Gasteiger partial charge in [-0.25, -0.2) is 4.98 Å². The van der Waals surface area contributed by atoms with Crippen molar-refractivity contribution in [3.05, 3.63) is 113 Å². The van der Waals surface area contributed by atoms with E-state index in [0.29, 0.717) is 30.4 Å². The van der Waals surface area contributed by atoms with Crippen LogP contribution in [0.2, 0.25) is 0 Å². The Labute approximate surface area is 313 Å². The summed E-state index contributed by atoms with van der Waals surface area (Å²) in [5.41, 5.74) is 10.3. The molecule has 280 valence electrons. The SMILES string of the molecule is C=C(NCCN1C2CC[C@@H](C2)C1c1nc2c([nH]1)C/C=C\C(C(=C=CCCC)/C=C1/C=C\CN=C(CN(CC)CCC)NC(=C)C1C)=C/CC=C2)OC. The van der Waals surface area contributed by atoms with Crippen molar-refractivity contribution >= 4 is 11.9 Å². The van der Waals surface area contributed by atoms with E-state index in [1.165, 1.54) is 36.1 Å². The van der Waals surface area contributed by atoms with Crippen LogP contribution in [-0.2, 0) is 11.2 Å². The number of nitrogens with zero attached hydrogens (tertiary/aromatic N) is 4. The Morgan fingerprint density at radius 3 is 2.81 bits per heavy atom. The molecule has 3 unspecified atom stereocenters. The molecule has 0 spiro atoms. The summed E-state index contributed by atoms with van der Waals surface area (Å²) in [6, 6.07) is 0.939. The first-order valence-corrected chi connectivity index (χ1v) is 19.7. The lowest BCUT2D eigenvalue weighted by molar-refractivity contribution is 0.132. The van der Waals surface area contributed by atoms with Gasteiger partial charge in [0, 0.05) is 48.4 Å². The number of H-pyrrole nitrogens is 1. The fourth-order valence-corrected chi connectivity index (χ4v) is 7.87. The van der Waals surface area contributed by atoms with Crippen molar-refractivity contribution in [3.63, 3.8) is 0 Å². The maximum absolute atomic E-state index is 5.23. The first-order chi connectivity index (χ1) is 25.3. The van der Waals surface area contributed by atoms with Crippen LogP contribution in [0.1, 0.15) is 95.9 Å². The maximum Gasteiger partial charge on any atom is 0.178 e. The lowest BCUT2D eigenvalue weighted by Crippen LogP contribution is -2.40. The highest BCUT2D eigenvalue weighted by molar-refractivity contribution is 5.86. The number of likely N-dealkylation sites (tertiary alicyclic amines) is 1. The van der Waals surface area contributed by atoms with E-state index >= 15 is 0 Å². The Morgan fingerprint density at radius 2 is 2.02 bits per heavy atom. The molecule has 1 saturated carbocycles. The number of ether oxygens (including phenoxy) is 1. The molecule has 2 fully saturated rings. The van der Waals surface area contributed by atoms with Crippen molar-refractivity contribution in [2.45, 2.75) is 91.1 Å². The summed E-state index contributed by atoms with van der Waals surface area (Å²) in [6.07, 6.45) is 28.8. The highest BCUT2D eigenvalue weighted by Crippen LogP contribution is 2.49. The van der Waals surface area contributed by atoms with Crippen LogP contribution in [0.15, 0.2) is 101 Å². The summed E-state index contributed by atoms with van der Waals surface area (Å²) in [4.78, 5) is 19.0. The van der Waals surface area contributed by atoms with Gasteiger partial charge in [0.25, 0.3) is 0 Å². The minimum atomic E-state index is 0.0961. The van der Waals surface area contributed by atoms with Crippen molar-refractivity contribution < 1.29 is 4.74 Å². The smallest absolute Gasteiger partial charge is 0.178 e. The van der Waals surface area contributed by atoms with Gasteiger partial charge < -0.3 is 20.4 Å². The van der Waals surface area contributed by atoms with E-state index in [1.54, 1.807) is 7.11 Å². The van der Waals surface area contributed by atoms with Crippen LogP contribution in [0.5, 0.6) is 0 Å². The number of aromatic amines is 1. The number of aromatic nitrogens is 2. The van der Waals surface area contributed by atoms with Crippen LogP contribution in [-0.4, -0.2) is 78.0 Å². The molecule has 1 saturated heterocycles. The number of amidine groups is 1. The average molecular weight is 706 g/mol. The van der Waals surface area contributed by atoms with E-state index in [1.807, 2.05) is 0 Å². The molecule has 2 aliphatic heterocycles. The molecule has 8 nitrogen and oxygen atoms in total. The molecule has 52 heavy (non-hydrogen) atoms. The standard InChI is InChI=1S/C44H63N7O/c1-8-11-12-18-37(29-36-20-16-25-46-42(47-33(5)32(36)4)31-50(10-3)27-9-2)35-17-13-14-21-40-41(22-15-19-35)49-44(48-40)43-38-23-24-39(30-38)51(43)28-26-45-34(6)52-7/h12,14-17,19-21,29,32,38-39,43,45H,5-6,8-11,13,22-28,30-31H2,1-4,7H3,(H,46,47)(H,48,49)/b19-15-,20-16-,21-14?,35-17+,36-29-/t18?,32?,38-,39?,43?/m0/s1. The fourth-order valence-electron chi connectivity index (χ4n) is 7.87. The van der Waals surface area contributed by atoms with Crippen LogP contribution in [0.3, 0.4) is 0 Å². The molecule has 5 rings (SSSR count). The van der Waals surface area contributed by atoms with E-state index in [4.69, 9.17) is 14.7 Å². The van der Waals surface area contributed by atoms with E-state index < -0.39 is 0 Å². The zero-order valence-corrected chi connectivity index (χ0v) is 32.5. The van der Waals surface area contributed by atoms with Crippen LogP contribution in [0, 0.1) is 11.8 Å². The number of rotatable bonds is 15. The van der Waals surface area contributed by atoms with Crippen molar-refractivity contribution in [1.82, 2.24) is 30.4 Å². The van der Waals surface area contributed by atoms with E-state index in [2.05, 4.69) is 127 Å². The number of piperidine rings is 1. The third-order valence-electron chi connectivity index (χ3n) is 10.8. The summed E-state index contributed by atoms with van der Waals surface area (Å²) >= 11 is 0. The lowest BCUT2D eigenvalue weighted by Gasteiger charge is -2.34. The predicted octanol–water partition coefficient (Wildman–Crippen LogP) is 8.33. The molecule has 1 aromatic heterocycles. The maximum atomic E-state index is 5.23. The molecule has 8 heteroatoms. The number of likely N-dealkylation sites (N-methyl/N-ethyl adjacent to an activating group) is 1. The quantitative estimate of drug-likeness (QED) is 0.126. The Bertz CT molecular complexity index is 1650. The number of unbranched alkanes of at least 4 members (excludes halogenated alkanes) is 1. The Hall–Kier alpha value is -4.10. The Balaban J connectivity index is 1.35. The molecule has 0 amide bonds. The first kappa shape index (κ1) is 39.1. The van der Waals surface area contributed by atoms with Gasteiger partial charge in [-0.2, -0.15) is 0 Å². The number of hydrogen-bond donors (Lipinski definition) is 3. The highest BCUT2D eigenvalue weighted by atomic mass is 16.5. The van der Waals surface area contributed by atoms with Crippen molar-refractivity contribution in [2.24, 2.45) is 16.8 Å². The van der Waals surface area contributed by atoms with Crippen LogP contribution >= 0.6 is 0 Å². The summed E-state index contributed by atoms with van der Waals surface area (Å²) in [6.45, 7) is 22.5. The molecule has 1 aromatic rings. The topological polar surface area (TPSA) is 80.8 Å². The number of aliphatic imine (C=N–C) groups is 1. The van der Waals surface area contributed by atoms with Crippen LogP contribution < -0.4 is 10.6 Å². The van der Waals surface area contributed by atoms with Crippen LogP contribution in [0.25, 0.3) is 6.08 Å². The van der Waals surface area contributed by atoms with Gasteiger partial charge in [0.05, 0.1) is 31.9 Å². The van der Waals surface area contributed by atoms with E-state index in [0.717, 1.165) is 93.5 Å². The molecule has 3 heterocycles. The third kappa shape index (κ3) is 10.3. The molecule has 3 N–H and O–H groups in total. The minimum absolute atomic E-state index is 0.0961. The lowest BCUT2D eigenvalue weighted by atomic mass is 9.92. The molecule has 4 atom stereocenters. The largest absolute Gasteiger partial charge is 0.483 e. The van der Waals surface area contributed by atoms with Gasteiger partial charge in [0.1, 0.15) is 11.7 Å². The van der Waals surface area contributed by atoms with Gasteiger partial charge in [-0.15, -0.1) is 5.73 Å². The Kier molecular flexibility index (Phi) is 14.8. The van der Waals surface area contributed by atoms with E-state index in [-0.39, 0.29) is 5.92 Å². The summed E-state index contributed by atoms with van der Waals surface area (Å²) < 4.78 is 5.23. The number of imidazole rings is 1. The summed E-state index contributed by atoms with van der Waals surface area (Å²) in [5, 5.41) is 6.90. The van der Waals surface area contributed by atoms with Gasteiger partial charge in [-0.3, -0.25) is 14.8 Å². The number of nitrogens with one attached hydrogen (secondary N) is 3. The average Bonchev–Trinajstić information content (AvgIpc) is 3.88. The normalized spacial score (nSPS) is 26.2. The second kappa shape index (κ2) is 19.7. The van der Waals surface area contributed by atoms with Crippen molar-refractivity contribution in [2.75, 3.05) is 46.4 Å². The van der Waals surface area contributed by atoms with Gasteiger partial charge in [-0.05, 0) is 93.5 Å². The molecule has 4 aliphatic rings.